The molecule has 0 bridgehead atoms. The van der Waals surface area contributed by atoms with Crippen molar-refractivity contribution in [1.82, 2.24) is 14.7 Å². The maximum absolute atomic E-state index is 6.06. The summed E-state index contributed by atoms with van der Waals surface area (Å²) in [5.41, 5.74) is 0.893. The molecule has 0 spiro atoms. The predicted molar refractivity (Wildman–Crippen MR) is 67.4 cm³/mol. The first kappa shape index (κ1) is 11.7. The summed E-state index contributed by atoms with van der Waals surface area (Å²) in [6.07, 6.45) is 2.65. The molecular formula is C11H13Cl2N3. The number of nitrogens with one attached hydrogen (secondary N) is 1. The van der Waals surface area contributed by atoms with Gasteiger partial charge >= 0.3 is 0 Å². The summed E-state index contributed by atoms with van der Waals surface area (Å²) < 4.78 is 1.94. The van der Waals surface area contributed by atoms with E-state index in [1.165, 1.54) is 0 Å². The number of hydrogen-bond acceptors (Lipinski definition) is 2. The zero-order valence-corrected chi connectivity index (χ0v) is 10.7. The molecule has 0 aromatic carbocycles. The van der Waals surface area contributed by atoms with Crippen LogP contribution in [0.4, 0.5) is 0 Å². The summed E-state index contributed by atoms with van der Waals surface area (Å²) in [7, 11) is 1.93. The fourth-order valence-corrected chi connectivity index (χ4v) is 2.01. The van der Waals surface area contributed by atoms with Crippen LogP contribution < -0.4 is 5.32 Å². The van der Waals surface area contributed by atoms with E-state index in [2.05, 4.69) is 17.2 Å². The van der Waals surface area contributed by atoms with Gasteiger partial charge in [-0.05, 0) is 26.1 Å². The summed E-state index contributed by atoms with van der Waals surface area (Å²) in [4.78, 5) is 4.35. The molecule has 86 valence electrons. The van der Waals surface area contributed by atoms with Gasteiger partial charge in [-0.3, -0.25) is 0 Å². The van der Waals surface area contributed by atoms with Crippen molar-refractivity contribution in [2.45, 2.75) is 19.4 Å². The highest BCUT2D eigenvalue weighted by atomic mass is 35.5. The highest BCUT2D eigenvalue weighted by Crippen LogP contribution is 2.21. The molecule has 0 aliphatic carbocycles. The van der Waals surface area contributed by atoms with Crippen LogP contribution in [0, 0.1) is 0 Å². The molecule has 16 heavy (non-hydrogen) atoms. The van der Waals surface area contributed by atoms with Gasteiger partial charge in [-0.1, -0.05) is 23.2 Å². The minimum Gasteiger partial charge on any atom is -0.317 e. The number of fused-ring (bicyclic) bond motifs is 1. The Balaban J connectivity index is 2.48. The van der Waals surface area contributed by atoms with Gasteiger partial charge < -0.3 is 9.72 Å². The van der Waals surface area contributed by atoms with E-state index in [0.717, 1.165) is 17.8 Å². The van der Waals surface area contributed by atoms with Crippen LogP contribution in [0.2, 0.25) is 10.2 Å². The Labute approximate surface area is 104 Å². The zero-order valence-electron chi connectivity index (χ0n) is 9.17. The van der Waals surface area contributed by atoms with Crippen molar-refractivity contribution < 1.29 is 0 Å². The molecular weight excluding hydrogens is 245 g/mol. The van der Waals surface area contributed by atoms with Crippen LogP contribution in [0.25, 0.3) is 5.52 Å². The van der Waals surface area contributed by atoms with Crippen LogP contribution in [0.15, 0.2) is 18.3 Å². The largest absolute Gasteiger partial charge is 0.317 e. The molecule has 0 aliphatic heterocycles. The van der Waals surface area contributed by atoms with Gasteiger partial charge in [0.25, 0.3) is 0 Å². The van der Waals surface area contributed by atoms with Crippen LogP contribution in [0.3, 0.4) is 0 Å². The topological polar surface area (TPSA) is 29.3 Å². The molecule has 3 nitrogen and oxygen atoms in total. The van der Waals surface area contributed by atoms with Gasteiger partial charge in [0.2, 0.25) is 0 Å². The number of rotatable bonds is 3. The van der Waals surface area contributed by atoms with Crippen LogP contribution in [-0.2, 0) is 6.42 Å². The number of nitrogens with zero attached hydrogens (tertiary/aromatic N) is 2. The lowest BCUT2D eigenvalue weighted by Gasteiger charge is -2.08. The van der Waals surface area contributed by atoms with Gasteiger partial charge in [0, 0.05) is 18.7 Å². The quantitative estimate of drug-likeness (QED) is 0.917. The third-order valence-electron chi connectivity index (χ3n) is 2.61. The van der Waals surface area contributed by atoms with Crippen LogP contribution >= 0.6 is 23.2 Å². The molecule has 2 aromatic heterocycles. The lowest BCUT2D eigenvalue weighted by molar-refractivity contribution is 0.590. The van der Waals surface area contributed by atoms with Gasteiger partial charge in [-0.25, -0.2) is 4.98 Å². The first-order valence-corrected chi connectivity index (χ1v) is 5.86. The smallest absolute Gasteiger partial charge is 0.155 e. The SMILES string of the molecule is CNC(C)Cc1nc(Cl)c2ccc(Cl)cn12. The molecule has 0 saturated carbocycles. The Morgan fingerprint density at radius 3 is 2.88 bits per heavy atom. The molecule has 0 amide bonds. The first-order chi connectivity index (χ1) is 7.61. The van der Waals surface area contributed by atoms with E-state index in [4.69, 9.17) is 23.2 Å². The average molecular weight is 258 g/mol. The molecule has 2 rings (SSSR count). The van der Waals surface area contributed by atoms with Crippen molar-refractivity contribution in [3.8, 4) is 0 Å². The maximum atomic E-state index is 6.06. The number of imidazole rings is 1. The zero-order chi connectivity index (χ0) is 11.7. The van der Waals surface area contributed by atoms with Crippen molar-refractivity contribution in [2.24, 2.45) is 0 Å². The van der Waals surface area contributed by atoms with Gasteiger partial charge in [-0.2, -0.15) is 0 Å². The molecule has 1 unspecified atom stereocenters. The number of pyridine rings is 1. The minimum atomic E-state index is 0.348. The number of likely N-dealkylation sites (N-methyl/N-ethyl adjacent to an activating group) is 1. The van der Waals surface area contributed by atoms with Crippen molar-refractivity contribution >= 4 is 28.7 Å². The molecule has 2 aromatic rings. The molecule has 2 heterocycles. The molecule has 5 heteroatoms. The highest BCUT2D eigenvalue weighted by Gasteiger charge is 2.11. The Kier molecular flexibility index (Phi) is 3.38. The lowest BCUT2D eigenvalue weighted by Crippen LogP contribution is -2.24. The first-order valence-electron chi connectivity index (χ1n) is 5.11. The Morgan fingerprint density at radius 2 is 2.19 bits per heavy atom. The summed E-state index contributed by atoms with van der Waals surface area (Å²) in [6, 6.07) is 4.04. The van der Waals surface area contributed by atoms with Crippen molar-refractivity contribution in [1.29, 1.82) is 0 Å². The van der Waals surface area contributed by atoms with Gasteiger partial charge in [0.1, 0.15) is 5.82 Å². The standard InChI is InChI=1S/C11H13Cl2N3/c1-7(14-2)5-10-15-11(13)9-4-3-8(12)6-16(9)10/h3-4,6-7,14H,5H2,1-2H3. The van der Waals surface area contributed by atoms with Crippen LogP contribution in [-0.4, -0.2) is 22.5 Å². The van der Waals surface area contributed by atoms with E-state index in [9.17, 15) is 0 Å². The second-order valence-electron chi connectivity index (χ2n) is 3.82. The Hall–Kier alpha value is -0.770. The summed E-state index contributed by atoms with van der Waals surface area (Å²) in [5, 5.41) is 4.38. The predicted octanol–water partition coefficient (Wildman–Crippen LogP) is 2.79. The van der Waals surface area contributed by atoms with E-state index in [-0.39, 0.29) is 0 Å². The van der Waals surface area contributed by atoms with Crippen molar-refractivity contribution in [2.75, 3.05) is 7.05 Å². The van der Waals surface area contributed by atoms with E-state index >= 15 is 0 Å². The number of hydrogen-bond donors (Lipinski definition) is 1. The lowest BCUT2D eigenvalue weighted by atomic mass is 10.2. The van der Waals surface area contributed by atoms with Crippen LogP contribution in [0.1, 0.15) is 12.7 Å². The van der Waals surface area contributed by atoms with E-state index in [0.29, 0.717) is 16.2 Å². The van der Waals surface area contributed by atoms with Gasteiger partial charge in [0.15, 0.2) is 5.15 Å². The summed E-state index contributed by atoms with van der Waals surface area (Å²) >= 11 is 12.0. The third kappa shape index (κ3) is 2.17. The van der Waals surface area contributed by atoms with Gasteiger partial charge in [-0.15, -0.1) is 0 Å². The normalized spacial score (nSPS) is 13.2. The van der Waals surface area contributed by atoms with Crippen molar-refractivity contribution in [3.63, 3.8) is 0 Å². The summed E-state index contributed by atoms with van der Waals surface area (Å²) in [6.45, 7) is 2.10. The van der Waals surface area contributed by atoms with E-state index < -0.39 is 0 Å². The van der Waals surface area contributed by atoms with Crippen molar-refractivity contribution in [3.05, 3.63) is 34.3 Å². The summed E-state index contributed by atoms with van der Waals surface area (Å²) in [5.74, 6) is 0.921. The third-order valence-corrected chi connectivity index (χ3v) is 3.11. The minimum absolute atomic E-state index is 0.348. The molecule has 0 fully saturated rings. The average Bonchev–Trinajstić information content (AvgIpc) is 2.55. The van der Waals surface area contributed by atoms with Crippen LogP contribution in [0.5, 0.6) is 0 Å². The molecule has 0 saturated heterocycles. The Morgan fingerprint density at radius 1 is 1.44 bits per heavy atom. The number of halogens is 2. The van der Waals surface area contributed by atoms with Gasteiger partial charge in [0.05, 0.1) is 10.5 Å². The fraction of sp³-hybridized carbons (Fsp3) is 0.364. The molecule has 0 radical (unpaired) electrons. The Bertz CT molecular complexity index is 507. The molecule has 1 atom stereocenters. The number of aromatic nitrogens is 2. The second kappa shape index (κ2) is 4.62. The second-order valence-corrected chi connectivity index (χ2v) is 4.61. The highest BCUT2D eigenvalue weighted by molar-refractivity contribution is 6.33. The fourth-order valence-electron chi connectivity index (χ4n) is 1.60. The molecule has 0 aliphatic rings. The van der Waals surface area contributed by atoms with E-state index in [1.807, 2.05) is 29.8 Å². The van der Waals surface area contributed by atoms with E-state index in [1.54, 1.807) is 0 Å². The molecule has 1 N–H and O–H groups in total. The maximum Gasteiger partial charge on any atom is 0.155 e. The monoisotopic (exact) mass is 257 g/mol.